The Hall–Kier alpha value is -1.31. The highest BCUT2D eigenvalue weighted by Crippen LogP contribution is 2.53. The topological polar surface area (TPSA) is 37.3 Å². The maximum absolute atomic E-state index is 10.6. The number of phenols is 1. The zero-order chi connectivity index (χ0) is 11.1. The summed E-state index contributed by atoms with van der Waals surface area (Å²) in [4.78, 5) is 10.6. The van der Waals surface area contributed by atoms with Crippen molar-refractivity contribution >= 4 is 6.29 Å². The normalized spacial score (nSPS) is 31.9. The first-order valence-corrected chi connectivity index (χ1v) is 6.06. The molecular formula is C14H16O2. The van der Waals surface area contributed by atoms with Crippen molar-refractivity contribution in [3.63, 3.8) is 0 Å². The molecule has 84 valence electrons. The van der Waals surface area contributed by atoms with Crippen LogP contribution in [0.3, 0.4) is 0 Å². The molecule has 3 rings (SSSR count). The Morgan fingerprint density at radius 2 is 2.12 bits per heavy atom. The number of carbonyl (C=O) groups excluding carboxylic acids is 1. The third-order valence-corrected chi connectivity index (χ3v) is 4.35. The summed E-state index contributed by atoms with van der Waals surface area (Å²) in [5.74, 6) is 2.47. The molecule has 0 spiro atoms. The van der Waals surface area contributed by atoms with Crippen LogP contribution in [0.4, 0.5) is 0 Å². The summed E-state index contributed by atoms with van der Waals surface area (Å²) in [6.07, 6.45) is 6.07. The van der Waals surface area contributed by atoms with E-state index in [4.69, 9.17) is 0 Å². The zero-order valence-corrected chi connectivity index (χ0v) is 9.23. The van der Waals surface area contributed by atoms with E-state index >= 15 is 0 Å². The standard InChI is InChI=1S/C14H16O2/c15-8-12-4-3-11(7-14(12)16)13-6-9-1-2-10(13)5-9/h3-4,7-10,13,16H,1-2,5-6H2. The maximum Gasteiger partial charge on any atom is 0.153 e. The molecule has 2 aliphatic rings. The lowest BCUT2D eigenvalue weighted by molar-refractivity contribution is 0.112. The first kappa shape index (κ1) is 9.88. The Morgan fingerprint density at radius 1 is 1.25 bits per heavy atom. The number of rotatable bonds is 2. The molecule has 2 fully saturated rings. The summed E-state index contributed by atoms with van der Waals surface area (Å²) in [7, 11) is 0. The summed E-state index contributed by atoms with van der Waals surface area (Å²) in [5, 5.41) is 9.69. The van der Waals surface area contributed by atoms with Crippen LogP contribution in [0.1, 0.15) is 47.5 Å². The number of hydrogen-bond acceptors (Lipinski definition) is 2. The van der Waals surface area contributed by atoms with E-state index in [9.17, 15) is 9.90 Å². The summed E-state index contributed by atoms with van der Waals surface area (Å²) >= 11 is 0. The van der Waals surface area contributed by atoms with Gasteiger partial charge in [-0.25, -0.2) is 0 Å². The molecule has 0 heterocycles. The number of hydrogen-bond donors (Lipinski definition) is 1. The summed E-state index contributed by atoms with van der Waals surface area (Å²) in [5.41, 5.74) is 1.61. The minimum atomic E-state index is 0.135. The highest BCUT2D eigenvalue weighted by Gasteiger charge is 2.40. The van der Waals surface area contributed by atoms with Gasteiger partial charge in [0, 0.05) is 0 Å². The van der Waals surface area contributed by atoms with E-state index in [1.54, 1.807) is 12.1 Å². The van der Waals surface area contributed by atoms with Gasteiger partial charge in [0.25, 0.3) is 0 Å². The van der Waals surface area contributed by atoms with Crippen molar-refractivity contribution in [2.45, 2.75) is 31.6 Å². The van der Waals surface area contributed by atoms with Gasteiger partial charge in [-0.1, -0.05) is 12.5 Å². The van der Waals surface area contributed by atoms with Gasteiger partial charge < -0.3 is 5.11 Å². The number of benzene rings is 1. The number of phenolic OH excluding ortho intramolecular Hbond substituents is 1. The van der Waals surface area contributed by atoms with Gasteiger partial charge in [-0.15, -0.1) is 0 Å². The van der Waals surface area contributed by atoms with Crippen LogP contribution in [-0.4, -0.2) is 11.4 Å². The third-order valence-electron chi connectivity index (χ3n) is 4.35. The second-order valence-corrected chi connectivity index (χ2v) is 5.22. The molecule has 2 saturated carbocycles. The minimum absolute atomic E-state index is 0.135. The molecule has 2 heteroatoms. The number of aldehydes is 1. The molecular weight excluding hydrogens is 200 g/mol. The predicted molar refractivity (Wildman–Crippen MR) is 61.7 cm³/mol. The lowest BCUT2D eigenvalue weighted by atomic mass is 9.83. The SMILES string of the molecule is O=Cc1ccc(C2CC3CCC2C3)cc1O. The van der Waals surface area contributed by atoms with E-state index in [-0.39, 0.29) is 5.75 Å². The second-order valence-electron chi connectivity index (χ2n) is 5.22. The van der Waals surface area contributed by atoms with Crippen LogP contribution in [0.5, 0.6) is 5.75 Å². The van der Waals surface area contributed by atoms with E-state index in [1.165, 1.54) is 31.2 Å². The molecule has 1 aromatic carbocycles. The number of carbonyl (C=O) groups is 1. The van der Waals surface area contributed by atoms with Gasteiger partial charge in [0.2, 0.25) is 0 Å². The molecule has 0 aliphatic heterocycles. The van der Waals surface area contributed by atoms with Gasteiger partial charge in [-0.05, 0) is 54.7 Å². The summed E-state index contributed by atoms with van der Waals surface area (Å²) < 4.78 is 0. The van der Waals surface area contributed by atoms with Crippen LogP contribution in [0, 0.1) is 11.8 Å². The van der Waals surface area contributed by atoms with Crippen LogP contribution < -0.4 is 0 Å². The second kappa shape index (κ2) is 3.62. The van der Waals surface area contributed by atoms with Crippen LogP contribution >= 0.6 is 0 Å². The van der Waals surface area contributed by atoms with E-state index in [0.29, 0.717) is 17.8 Å². The molecule has 1 N–H and O–H groups in total. The Morgan fingerprint density at radius 3 is 2.69 bits per heavy atom. The van der Waals surface area contributed by atoms with Gasteiger partial charge in [-0.2, -0.15) is 0 Å². The molecule has 0 saturated heterocycles. The van der Waals surface area contributed by atoms with Gasteiger partial charge in [0.1, 0.15) is 5.75 Å². The fraction of sp³-hybridized carbons (Fsp3) is 0.500. The molecule has 3 atom stereocenters. The summed E-state index contributed by atoms with van der Waals surface area (Å²) in [6.45, 7) is 0. The minimum Gasteiger partial charge on any atom is -0.507 e. The average Bonchev–Trinajstić information content (AvgIpc) is 2.90. The Balaban J connectivity index is 1.90. The zero-order valence-electron chi connectivity index (χ0n) is 9.23. The average molecular weight is 216 g/mol. The quantitative estimate of drug-likeness (QED) is 0.771. The van der Waals surface area contributed by atoms with Crippen molar-refractivity contribution < 1.29 is 9.90 Å². The molecule has 1 aromatic rings. The fourth-order valence-electron chi connectivity index (χ4n) is 3.54. The van der Waals surface area contributed by atoms with E-state index < -0.39 is 0 Å². The van der Waals surface area contributed by atoms with Crippen molar-refractivity contribution in [1.82, 2.24) is 0 Å². The van der Waals surface area contributed by atoms with Crippen LogP contribution in [-0.2, 0) is 0 Å². The van der Waals surface area contributed by atoms with Crippen LogP contribution in [0.25, 0.3) is 0 Å². The molecule has 3 unspecified atom stereocenters. The van der Waals surface area contributed by atoms with Gasteiger partial charge in [0.05, 0.1) is 5.56 Å². The summed E-state index contributed by atoms with van der Waals surface area (Å²) in [6, 6.07) is 5.54. The molecule has 2 nitrogen and oxygen atoms in total. The lowest BCUT2D eigenvalue weighted by Crippen LogP contribution is -2.08. The molecule has 16 heavy (non-hydrogen) atoms. The first-order valence-electron chi connectivity index (χ1n) is 6.06. The Kier molecular flexibility index (Phi) is 2.23. The van der Waals surface area contributed by atoms with Gasteiger partial charge in [0.15, 0.2) is 6.29 Å². The third kappa shape index (κ3) is 1.44. The molecule has 2 aliphatic carbocycles. The van der Waals surface area contributed by atoms with Crippen molar-refractivity contribution in [2.24, 2.45) is 11.8 Å². The van der Waals surface area contributed by atoms with E-state index in [0.717, 1.165) is 11.8 Å². The smallest absolute Gasteiger partial charge is 0.153 e. The van der Waals surface area contributed by atoms with E-state index in [1.807, 2.05) is 6.07 Å². The monoisotopic (exact) mass is 216 g/mol. The predicted octanol–water partition coefficient (Wildman–Crippen LogP) is 3.11. The number of fused-ring (bicyclic) bond motifs is 2. The number of aromatic hydroxyl groups is 1. The molecule has 0 amide bonds. The molecule has 0 aromatic heterocycles. The first-order chi connectivity index (χ1) is 7.78. The van der Waals surface area contributed by atoms with Crippen LogP contribution in [0.15, 0.2) is 18.2 Å². The molecule has 2 bridgehead atoms. The Labute approximate surface area is 95.3 Å². The van der Waals surface area contributed by atoms with Gasteiger partial charge in [-0.3, -0.25) is 4.79 Å². The Bertz CT molecular complexity index is 425. The highest BCUT2D eigenvalue weighted by atomic mass is 16.3. The van der Waals surface area contributed by atoms with Crippen molar-refractivity contribution in [1.29, 1.82) is 0 Å². The largest absolute Gasteiger partial charge is 0.507 e. The lowest BCUT2D eigenvalue weighted by Gasteiger charge is -2.22. The van der Waals surface area contributed by atoms with Crippen LogP contribution in [0.2, 0.25) is 0 Å². The van der Waals surface area contributed by atoms with Crippen molar-refractivity contribution in [2.75, 3.05) is 0 Å². The van der Waals surface area contributed by atoms with E-state index in [2.05, 4.69) is 0 Å². The molecule has 0 radical (unpaired) electrons. The highest BCUT2D eigenvalue weighted by molar-refractivity contribution is 5.79. The van der Waals surface area contributed by atoms with Gasteiger partial charge >= 0.3 is 0 Å². The van der Waals surface area contributed by atoms with Crippen molar-refractivity contribution in [3.05, 3.63) is 29.3 Å². The fourth-order valence-corrected chi connectivity index (χ4v) is 3.54. The van der Waals surface area contributed by atoms with Crippen molar-refractivity contribution in [3.8, 4) is 5.75 Å². The maximum atomic E-state index is 10.6.